The zero-order valence-corrected chi connectivity index (χ0v) is 9.25. The lowest BCUT2D eigenvalue weighted by molar-refractivity contribution is 0.0992. The number of carbonyl (C=O) groups is 1. The van der Waals surface area contributed by atoms with E-state index in [1.54, 1.807) is 11.3 Å². The molecule has 76 valence electrons. The van der Waals surface area contributed by atoms with Gasteiger partial charge in [-0.3, -0.25) is 4.79 Å². The van der Waals surface area contributed by atoms with Gasteiger partial charge in [-0.25, -0.2) is 4.98 Å². The predicted octanol–water partition coefficient (Wildman–Crippen LogP) is 2.88. The summed E-state index contributed by atoms with van der Waals surface area (Å²) in [6.45, 7) is 1.95. The minimum absolute atomic E-state index is 0.126. The van der Waals surface area contributed by atoms with E-state index in [0.29, 0.717) is 6.42 Å². The number of rotatable bonds is 3. The lowest BCUT2D eigenvalue weighted by Crippen LogP contribution is -2.03. The van der Waals surface area contributed by atoms with Crippen molar-refractivity contribution in [1.29, 1.82) is 0 Å². The van der Waals surface area contributed by atoms with Gasteiger partial charge in [-0.05, 0) is 6.92 Å². The first-order chi connectivity index (χ1) is 7.25. The van der Waals surface area contributed by atoms with Crippen molar-refractivity contribution in [2.45, 2.75) is 13.3 Å². The van der Waals surface area contributed by atoms with E-state index in [4.69, 9.17) is 0 Å². The molecular formula is C12H11NOS. The largest absolute Gasteiger partial charge is 0.294 e. The Morgan fingerprint density at radius 2 is 2.07 bits per heavy atom. The molecule has 0 N–H and O–H groups in total. The Balaban J connectivity index is 2.11. The molecule has 0 aliphatic heterocycles. The van der Waals surface area contributed by atoms with Gasteiger partial charge < -0.3 is 0 Å². The van der Waals surface area contributed by atoms with E-state index in [0.717, 1.165) is 16.3 Å². The van der Waals surface area contributed by atoms with Gasteiger partial charge >= 0.3 is 0 Å². The van der Waals surface area contributed by atoms with E-state index in [-0.39, 0.29) is 5.78 Å². The Kier molecular flexibility index (Phi) is 2.92. The van der Waals surface area contributed by atoms with Crippen molar-refractivity contribution < 1.29 is 4.79 Å². The summed E-state index contributed by atoms with van der Waals surface area (Å²) in [6, 6.07) is 9.33. The molecule has 0 bridgehead atoms. The van der Waals surface area contributed by atoms with Crippen LogP contribution in [0.1, 0.15) is 21.1 Å². The maximum Gasteiger partial charge on any atom is 0.168 e. The van der Waals surface area contributed by atoms with E-state index in [9.17, 15) is 4.79 Å². The average molecular weight is 217 g/mol. The first kappa shape index (κ1) is 10.1. The second kappa shape index (κ2) is 4.36. The first-order valence-electron chi connectivity index (χ1n) is 4.75. The van der Waals surface area contributed by atoms with Crippen molar-refractivity contribution in [2.75, 3.05) is 0 Å². The monoisotopic (exact) mass is 217 g/mol. The molecule has 15 heavy (non-hydrogen) atoms. The molecule has 1 aromatic carbocycles. The van der Waals surface area contributed by atoms with Crippen LogP contribution in [0, 0.1) is 6.92 Å². The SMILES string of the molecule is Cc1nc(CC(=O)c2ccccc2)cs1. The lowest BCUT2D eigenvalue weighted by Gasteiger charge is -1.97. The van der Waals surface area contributed by atoms with Crippen LogP contribution in [-0.2, 0) is 6.42 Å². The summed E-state index contributed by atoms with van der Waals surface area (Å²) in [4.78, 5) is 16.1. The van der Waals surface area contributed by atoms with Gasteiger partial charge in [-0.1, -0.05) is 30.3 Å². The molecule has 3 heteroatoms. The fourth-order valence-corrected chi connectivity index (χ4v) is 1.99. The van der Waals surface area contributed by atoms with E-state index >= 15 is 0 Å². The van der Waals surface area contributed by atoms with Gasteiger partial charge in [0.25, 0.3) is 0 Å². The second-order valence-electron chi connectivity index (χ2n) is 3.32. The highest BCUT2D eigenvalue weighted by atomic mass is 32.1. The van der Waals surface area contributed by atoms with Crippen LogP contribution in [0.25, 0.3) is 0 Å². The summed E-state index contributed by atoms with van der Waals surface area (Å²) in [6.07, 6.45) is 0.397. The van der Waals surface area contributed by atoms with Crippen LogP contribution in [0.15, 0.2) is 35.7 Å². The summed E-state index contributed by atoms with van der Waals surface area (Å²) in [5, 5.41) is 2.95. The van der Waals surface area contributed by atoms with Crippen LogP contribution in [0.3, 0.4) is 0 Å². The van der Waals surface area contributed by atoms with Gasteiger partial charge in [0.2, 0.25) is 0 Å². The summed E-state index contributed by atoms with van der Waals surface area (Å²) in [5.74, 6) is 0.126. The molecule has 0 fully saturated rings. The molecule has 0 radical (unpaired) electrons. The number of Topliss-reactive ketones (excluding diaryl/α,β-unsaturated/α-hetero) is 1. The molecule has 0 aliphatic carbocycles. The second-order valence-corrected chi connectivity index (χ2v) is 4.39. The molecule has 0 amide bonds. The summed E-state index contributed by atoms with van der Waals surface area (Å²) < 4.78 is 0. The molecule has 0 unspecified atom stereocenters. The molecule has 2 nitrogen and oxygen atoms in total. The standard InChI is InChI=1S/C12H11NOS/c1-9-13-11(8-15-9)7-12(14)10-5-3-2-4-6-10/h2-6,8H,7H2,1H3. The fraction of sp³-hybridized carbons (Fsp3) is 0.167. The number of hydrogen-bond donors (Lipinski definition) is 0. The molecule has 0 atom stereocenters. The third-order valence-electron chi connectivity index (χ3n) is 2.10. The highest BCUT2D eigenvalue weighted by Crippen LogP contribution is 2.11. The van der Waals surface area contributed by atoms with Gasteiger partial charge in [0.1, 0.15) is 0 Å². The number of aromatic nitrogens is 1. The van der Waals surface area contributed by atoms with Crippen LogP contribution in [0.5, 0.6) is 0 Å². The highest BCUT2D eigenvalue weighted by molar-refractivity contribution is 7.09. The van der Waals surface area contributed by atoms with Crippen molar-refractivity contribution in [3.05, 3.63) is 52.0 Å². The Bertz CT molecular complexity index is 461. The van der Waals surface area contributed by atoms with Gasteiger partial charge in [-0.15, -0.1) is 11.3 Å². The van der Waals surface area contributed by atoms with Crippen molar-refractivity contribution in [1.82, 2.24) is 4.98 Å². The van der Waals surface area contributed by atoms with E-state index in [1.165, 1.54) is 0 Å². The van der Waals surface area contributed by atoms with Gasteiger partial charge in [0.05, 0.1) is 17.1 Å². The number of thiazole rings is 1. The molecule has 0 saturated heterocycles. The predicted molar refractivity (Wildman–Crippen MR) is 61.3 cm³/mol. The fourth-order valence-electron chi connectivity index (χ4n) is 1.38. The average Bonchev–Trinajstić information content (AvgIpc) is 2.65. The molecule has 1 aromatic heterocycles. The Morgan fingerprint density at radius 3 is 2.67 bits per heavy atom. The maximum atomic E-state index is 11.8. The minimum Gasteiger partial charge on any atom is -0.294 e. The molecule has 0 aliphatic rings. The van der Waals surface area contributed by atoms with Crippen molar-refractivity contribution in [3.8, 4) is 0 Å². The zero-order valence-electron chi connectivity index (χ0n) is 8.43. The highest BCUT2D eigenvalue weighted by Gasteiger charge is 2.08. The normalized spacial score (nSPS) is 10.2. The molecular weight excluding hydrogens is 206 g/mol. The third-order valence-corrected chi connectivity index (χ3v) is 2.93. The van der Waals surface area contributed by atoms with Crippen LogP contribution < -0.4 is 0 Å². The third kappa shape index (κ3) is 2.50. The Labute approximate surface area is 92.6 Å². The van der Waals surface area contributed by atoms with Crippen molar-refractivity contribution in [2.24, 2.45) is 0 Å². The number of benzene rings is 1. The summed E-state index contributed by atoms with van der Waals surface area (Å²) >= 11 is 1.58. The molecule has 0 spiro atoms. The van der Waals surface area contributed by atoms with Gasteiger partial charge in [0.15, 0.2) is 5.78 Å². The van der Waals surface area contributed by atoms with Crippen molar-refractivity contribution in [3.63, 3.8) is 0 Å². The van der Waals surface area contributed by atoms with Crippen molar-refractivity contribution >= 4 is 17.1 Å². The smallest absolute Gasteiger partial charge is 0.168 e. The number of hydrogen-bond acceptors (Lipinski definition) is 3. The quantitative estimate of drug-likeness (QED) is 0.740. The number of carbonyl (C=O) groups excluding carboxylic acids is 1. The van der Waals surface area contributed by atoms with E-state index in [2.05, 4.69) is 4.98 Å². The number of nitrogens with zero attached hydrogens (tertiary/aromatic N) is 1. The van der Waals surface area contributed by atoms with E-state index < -0.39 is 0 Å². The molecule has 2 rings (SSSR count). The van der Waals surface area contributed by atoms with Crippen LogP contribution in [0.4, 0.5) is 0 Å². The van der Waals surface area contributed by atoms with Crippen LogP contribution in [0.2, 0.25) is 0 Å². The van der Waals surface area contributed by atoms with Gasteiger partial charge in [0, 0.05) is 10.9 Å². The zero-order chi connectivity index (χ0) is 10.7. The lowest BCUT2D eigenvalue weighted by atomic mass is 10.1. The number of ketones is 1. The van der Waals surface area contributed by atoms with Crippen LogP contribution in [-0.4, -0.2) is 10.8 Å². The molecule has 1 heterocycles. The van der Waals surface area contributed by atoms with E-state index in [1.807, 2.05) is 42.6 Å². The Hall–Kier alpha value is -1.48. The Morgan fingerprint density at radius 1 is 1.33 bits per heavy atom. The molecule has 0 saturated carbocycles. The summed E-state index contributed by atoms with van der Waals surface area (Å²) in [5.41, 5.74) is 1.62. The molecule has 2 aromatic rings. The van der Waals surface area contributed by atoms with Gasteiger partial charge in [-0.2, -0.15) is 0 Å². The van der Waals surface area contributed by atoms with Crippen LogP contribution >= 0.6 is 11.3 Å². The summed E-state index contributed by atoms with van der Waals surface area (Å²) in [7, 11) is 0. The topological polar surface area (TPSA) is 30.0 Å². The minimum atomic E-state index is 0.126. The number of aryl methyl sites for hydroxylation is 1. The maximum absolute atomic E-state index is 11.8. The first-order valence-corrected chi connectivity index (χ1v) is 5.63.